The van der Waals surface area contributed by atoms with Gasteiger partial charge in [-0.2, -0.15) is 5.26 Å². The summed E-state index contributed by atoms with van der Waals surface area (Å²) in [6.45, 7) is 4.39. The van der Waals surface area contributed by atoms with Gasteiger partial charge in [-0.15, -0.1) is 0 Å². The van der Waals surface area contributed by atoms with Crippen molar-refractivity contribution in [3.63, 3.8) is 0 Å². The Hall–Kier alpha value is -6.37. The fourth-order valence-corrected chi connectivity index (χ4v) is 8.06. The van der Waals surface area contributed by atoms with Crippen LogP contribution in [0.1, 0.15) is 30.0 Å². The summed E-state index contributed by atoms with van der Waals surface area (Å²) >= 11 is 0. The van der Waals surface area contributed by atoms with Crippen molar-refractivity contribution < 1.29 is 0 Å². The number of fused-ring (bicyclic) bond motifs is 6. The third kappa shape index (κ3) is 4.57. The molecule has 9 rings (SSSR count). The van der Waals surface area contributed by atoms with Gasteiger partial charge < -0.3 is 9.13 Å². The van der Waals surface area contributed by atoms with Gasteiger partial charge in [0.1, 0.15) is 0 Å². The standard InChI is InChI=1S/C47H35N3/c1-3-12-32-21-28-46-41(29-32)39-15-6-10-19-44(39)50(46)45-20-11-7-16-40(45)47-31(2)36(27-24-34(47)30-48)33-22-25-35(26-23-33)49-42-17-8-4-13-37(42)38-14-5-9-18-43(38)49/h4-11,13-29H,3,12H2,1-2H3. The van der Waals surface area contributed by atoms with Gasteiger partial charge in [-0.1, -0.05) is 110 Å². The van der Waals surface area contributed by atoms with Crippen LogP contribution in [0.4, 0.5) is 0 Å². The zero-order valence-electron chi connectivity index (χ0n) is 28.2. The average molecular weight is 642 g/mol. The van der Waals surface area contributed by atoms with Crippen molar-refractivity contribution in [1.29, 1.82) is 5.26 Å². The number of aryl methyl sites for hydroxylation is 1. The Morgan fingerprint density at radius 3 is 1.78 bits per heavy atom. The summed E-state index contributed by atoms with van der Waals surface area (Å²) in [5.41, 5.74) is 14.3. The summed E-state index contributed by atoms with van der Waals surface area (Å²) in [5.74, 6) is 0. The number of rotatable bonds is 6. The highest BCUT2D eigenvalue weighted by atomic mass is 15.0. The summed E-state index contributed by atoms with van der Waals surface area (Å²) in [6.07, 6.45) is 2.17. The Labute approximate surface area is 291 Å². The molecule has 0 spiro atoms. The van der Waals surface area contributed by atoms with Crippen LogP contribution in [-0.2, 0) is 6.42 Å². The second kappa shape index (κ2) is 11.9. The molecule has 50 heavy (non-hydrogen) atoms. The van der Waals surface area contributed by atoms with Crippen molar-refractivity contribution in [1.82, 2.24) is 9.13 Å². The lowest BCUT2D eigenvalue weighted by Crippen LogP contribution is -2.00. The molecule has 0 radical (unpaired) electrons. The molecule has 0 saturated heterocycles. The number of aromatic nitrogens is 2. The lowest BCUT2D eigenvalue weighted by molar-refractivity contribution is 0.923. The van der Waals surface area contributed by atoms with Crippen molar-refractivity contribution in [2.45, 2.75) is 26.7 Å². The SMILES string of the molecule is CCCc1ccc2c(c1)c1ccccc1n2-c1ccccc1-c1c(C#N)ccc(-c2ccc(-n3c4ccccc4c4ccccc43)cc2)c1C. The van der Waals surface area contributed by atoms with Gasteiger partial charge >= 0.3 is 0 Å². The van der Waals surface area contributed by atoms with E-state index in [1.54, 1.807) is 0 Å². The van der Waals surface area contributed by atoms with Crippen LogP contribution < -0.4 is 0 Å². The third-order valence-electron chi connectivity index (χ3n) is 10.3. The molecule has 0 amide bonds. The van der Waals surface area contributed by atoms with E-state index in [2.05, 4.69) is 175 Å². The topological polar surface area (TPSA) is 33.6 Å². The maximum absolute atomic E-state index is 10.5. The highest BCUT2D eigenvalue weighted by Gasteiger charge is 2.20. The fraction of sp³-hybridized carbons (Fsp3) is 0.0851. The van der Waals surface area contributed by atoms with Gasteiger partial charge in [0.25, 0.3) is 0 Å². The van der Waals surface area contributed by atoms with Crippen LogP contribution >= 0.6 is 0 Å². The van der Waals surface area contributed by atoms with Crippen molar-refractivity contribution in [2.24, 2.45) is 0 Å². The summed E-state index contributed by atoms with van der Waals surface area (Å²) in [7, 11) is 0. The van der Waals surface area contributed by atoms with Crippen LogP contribution in [0, 0.1) is 18.3 Å². The smallest absolute Gasteiger partial charge is 0.0998 e. The van der Waals surface area contributed by atoms with Crippen molar-refractivity contribution in [3.05, 3.63) is 168 Å². The molecule has 0 aliphatic rings. The van der Waals surface area contributed by atoms with E-state index in [0.29, 0.717) is 5.56 Å². The first-order chi connectivity index (χ1) is 24.7. The number of benzene rings is 7. The normalized spacial score (nSPS) is 11.5. The molecular weight excluding hydrogens is 607 g/mol. The first-order valence-electron chi connectivity index (χ1n) is 17.4. The highest BCUT2D eigenvalue weighted by molar-refractivity contribution is 6.11. The van der Waals surface area contributed by atoms with Crippen molar-refractivity contribution >= 4 is 43.6 Å². The Balaban J connectivity index is 1.20. The molecule has 0 saturated carbocycles. The van der Waals surface area contributed by atoms with Gasteiger partial charge in [0, 0.05) is 38.4 Å². The predicted molar refractivity (Wildman–Crippen MR) is 209 cm³/mol. The zero-order valence-corrected chi connectivity index (χ0v) is 28.2. The lowest BCUT2D eigenvalue weighted by Gasteiger charge is -2.19. The summed E-state index contributed by atoms with van der Waals surface area (Å²) < 4.78 is 4.72. The Morgan fingerprint density at radius 2 is 1.12 bits per heavy atom. The van der Waals surface area contributed by atoms with Crippen LogP contribution in [0.5, 0.6) is 0 Å². The fourth-order valence-electron chi connectivity index (χ4n) is 8.06. The van der Waals surface area contributed by atoms with E-state index in [4.69, 9.17) is 0 Å². The molecule has 2 heterocycles. The van der Waals surface area contributed by atoms with E-state index in [-0.39, 0.29) is 0 Å². The number of nitrogens with zero attached hydrogens (tertiary/aromatic N) is 3. The monoisotopic (exact) mass is 641 g/mol. The molecule has 0 aliphatic heterocycles. The molecule has 0 atom stereocenters. The minimum atomic E-state index is 0.673. The van der Waals surface area contributed by atoms with E-state index in [0.717, 1.165) is 57.6 Å². The number of hydrogen-bond donors (Lipinski definition) is 0. The molecule has 7 aromatic carbocycles. The first-order valence-corrected chi connectivity index (χ1v) is 17.4. The van der Waals surface area contributed by atoms with Gasteiger partial charge in [-0.05, 0) is 90.2 Å². The molecule has 0 fully saturated rings. The van der Waals surface area contributed by atoms with Gasteiger partial charge in [0.15, 0.2) is 0 Å². The second-order valence-corrected chi connectivity index (χ2v) is 13.2. The number of hydrogen-bond acceptors (Lipinski definition) is 1. The van der Waals surface area contributed by atoms with Crippen molar-refractivity contribution in [2.75, 3.05) is 0 Å². The zero-order chi connectivity index (χ0) is 33.8. The maximum Gasteiger partial charge on any atom is 0.0998 e. The van der Waals surface area contributed by atoms with E-state index < -0.39 is 0 Å². The van der Waals surface area contributed by atoms with Gasteiger partial charge in [-0.25, -0.2) is 0 Å². The summed E-state index contributed by atoms with van der Waals surface area (Å²) in [5, 5.41) is 15.5. The van der Waals surface area contributed by atoms with Crippen LogP contribution in [0.2, 0.25) is 0 Å². The maximum atomic E-state index is 10.5. The molecule has 0 unspecified atom stereocenters. The van der Waals surface area contributed by atoms with Gasteiger partial charge in [0.2, 0.25) is 0 Å². The van der Waals surface area contributed by atoms with E-state index in [1.165, 1.54) is 43.7 Å². The van der Waals surface area contributed by atoms with E-state index in [1.807, 2.05) is 6.07 Å². The molecule has 238 valence electrons. The summed E-state index contributed by atoms with van der Waals surface area (Å²) in [6, 6.07) is 56.8. The Kier molecular flexibility index (Phi) is 7.11. The molecule has 0 aliphatic carbocycles. The number of nitriles is 1. The first kappa shape index (κ1) is 29.7. The van der Waals surface area contributed by atoms with Crippen LogP contribution in [0.3, 0.4) is 0 Å². The van der Waals surface area contributed by atoms with Gasteiger partial charge in [-0.3, -0.25) is 0 Å². The Morgan fingerprint density at radius 1 is 0.540 bits per heavy atom. The minimum Gasteiger partial charge on any atom is -0.309 e. The predicted octanol–water partition coefficient (Wildman–Crippen LogP) is 12.3. The molecule has 3 nitrogen and oxygen atoms in total. The van der Waals surface area contributed by atoms with Crippen molar-refractivity contribution in [3.8, 4) is 39.7 Å². The third-order valence-corrected chi connectivity index (χ3v) is 10.3. The molecule has 0 bridgehead atoms. The molecule has 9 aromatic rings. The lowest BCUT2D eigenvalue weighted by atomic mass is 9.88. The highest BCUT2D eigenvalue weighted by Crippen LogP contribution is 2.41. The second-order valence-electron chi connectivity index (χ2n) is 13.2. The molecule has 2 aromatic heterocycles. The minimum absolute atomic E-state index is 0.673. The molecular formula is C47H35N3. The number of para-hydroxylation sites is 4. The van der Waals surface area contributed by atoms with Gasteiger partial charge in [0.05, 0.1) is 39.4 Å². The molecule has 3 heteroatoms. The Bertz CT molecular complexity index is 2730. The largest absolute Gasteiger partial charge is 0.309 e. The van der Waals surface area contributed by atoms with Crippen LogP contribution in [0.15, 0.2) is 152 Å². The quantitative estimate of drug-likeness (QED) is 0.178. The van der Waals surface area contributed by atoms with Crippen LogP contribution in [0.25, 0.3) is 77.2 Å². The summed E-state index contributed by atoms with van der Waals surface area (Å²) in [4.78, 5) is 0. The van der Waals surface area contributed by atoms with E-state index >= 15 is 0 Å². The average Bonchev–Trinajstić information content (AvgIpc) is 3.68. The molecule has 0 N–H and O–H groups in total. The van der Waals surface area contributed by atoms with E-state index in [9.17, 15) is 5.26 Å². The van der Waals surface area contributed by atoms with Crippen LogP contribution in [-0.4, -0.2) is 9.13 Å².